The zero-order chi connectivity index (χ0) is 21.0. The highest BCUT2D eigenvalue weighted by molar-refractivity contribution is 5.76. The second-order valence-electron chi connectivity index (χ2n) is 7.51. The molecule has 0 aliphatic carbocycles. The van der Waals surface area contributed by atoms with Crippen LogP contribution in [0.25, 0.3) is 0 Å². The smallest absolute Gasteiger partial charge is 0.222 e. The van der Waals surface area contributed by atoms with Crippen molar-refractivity contribution in [3.05, 3.63) is 60.7 Å². The van der Waals surface area contributed by atoms with E-state index in [1.54, 1.807) is 0 Å². The van der Waals surface area contributed by atoms with Crippen molar-refractivity contribution in [1.29, 1.82) is 0 Å². The van der Waals surface area contributed by atoms with Gasteiger partial charge < -0.3 is 24.2 Å². The Hall–Kier alpha value is -2.57. The molecule has 1 aliphatic heterocycles. The number of rotatable bonds is 11. The van der Waals surface area contributed by atoms with Crippen molar-refractivity contribution >= 4 is 5.91 Å². The molecule has 0 bridgehead atoms. The lowest BCUT2D eigenvalue weighted by Crippen LogP contribution is -2.42. The first-order valence-electron chi connectivity index (χ1n) is 10.6. The van der Waals surface area contributed by atoms with Gasteiger partial charge in [-0.05, 0) is 37.1 Å². The second kappa shape index (κ2) is 12.2. The van der Waals surface area contributed by atoms with Crippen LogP contribution in [0.5, 0.6) is 11.5 Å². The van der Waals surface area contributed by atoms with Crippen molar-refractivity contribution in [2.45, 2.75) is 37.9 Å². The van der Waals surface area contributed by atoms with Crippen LogP contribution in [-0.4, -0.2) is 61.0 Å². The summed E-state index contributed by atoms with van der Waals surface area (Å²) in [6.07, 6.45) is 2.49. The molecule has 162 valence electrons. The van der Waals surface area contributed by atoms with Crippen LogP contribution in [0.1, 0.15) is 25.7 Å². The summed E-state index contributed by atoms with van der Waals surface area (Å²) >= 11 is 0. The van der Waals surface area contributed by atoms with Gasteiger partial charge >= 0.3 is 0 Å². The van der Waals surface area contributed by atoms with Crippen molar-refractivity contribution in [3.8, 4) is 11.5 Å². The molecule has 1 fully saturated rings. The van der Waals surface area contributed by atoms with Crippen molar-refractivity contribution in [2.75, 3.05) is 32.9 Å². The Bertz CT molecular complexity index is 740. The lowest BCUT2D eigenvalue weighted by Gasteiger charge is -2.27. The summed E-state index contributed by atoms with van der Waals surface area (Å²) in [5, 5.41) is 10.3. The minimum absolute atomic E-state index is 0.109. The Morgan fingerprint density at radius 3 is 2.13 bits per heavy atom. The van der Waals surface area contributed by atoms with Crippen LogP contribution < -0.4 is 9.47 Å². The van der Waals surface area contributed by atoms with E-state index in [2.05, 4.69) is 0 Å². The highest BCUT2D eigenvalue weighted by Gasteiger charge is 2.22. The topological polar surface area (TPSA) is 68.2 Å². The van der Waals surface area contributed by atoms with E-state index < -0.39 is 6.10 Å². The number of nitrogens with zero attached hydrogens (tertiary/aromatic N) is 1. The lowest BCUT2D eigenvalue weighted by atomic mass is 10.2. The first kappa shape index (κ1) is 22.1. The summed E-state index contributed by atoms with van der Waals surface area (Å²) in [5.74, 6) is 1.62. The van der Waals surface area contributed by atoms with Crippen LogP contribution in [0, 0.1) is 0 Å². The lowest BCUT2D eigenvalue weighted by molar-refractivity contribution is -0.133. The third-order valence-electron chi connectivity index (χ3n) is 4.98. The van der Waals surface area contributed by atoms with Crippen LogP contribution in [0.3, 0.4) is 0 Å². The number of hydrogen-bond acceptors (Lipinski definition) is 5. The molecule has 0 spiro atoms. The summed E-state index contributed by atoms with van der Waals surface area (Å²) in [6, 6.07) is 18.9. The maximum Gasteiger partial charge on any atom is 0.222 e. The molecule has 30 heavy (non-hydrogen) atoms. The summed E-state index contributed by atoms with van der Waals surface area (Å²) in [7, 11) is 0. The normalized spacial score (nSPS) is 16.6. The number of para-hydroxylation sites is 2. The maximum atomic E-state index is 12.4. The monoisotopic (exact) mass is 413 g/mol. The van der Waals surface area contributed by atoms with Crippen LogP contribution in [0.15, 0.2) is 60.7 Å². The number of hydrogen-bond donors (Lipinski definition) is 1. The Labute approximate surface area is 178 Å². The minimum Gasteiger partial charge on any atom is -0.491 e. The molecule has 6 nitrogen and oxygen atoms in total. The van der Waals surface area contributed by atoms with Gasteiger partial charge in [0.1, 0.15) is 36.9 Å². The van der Waals surface area contributed by atoms with Crippen LogP contribution in [0.2, 0.25) is 0 Å². The van der Waals surface area contributed by atoms with E-state index in [0.29, 0.717) is 25.3 Å². The number of amides is 1. The van der Waals surface area contributed by atoms with Gasteiger partial charge in [-0.2, -0.15) is 0 Å². The third kappa shape index (κ3) is 7.69. The fourth-order valence-electron chi connectivity index (χ4n) is 3.34. The number of carbonyl (C=O) groups is 1. The Morgan fingerprint density at radius 1 is 0.833 bits per heavy atom. The molecule has 0 saturated carbocycles. The SMILES string of the molecule is O=C1CCCCCN1CC(COc1ccccc1)OCC(O)COc1ccccc1. The van der Waals surface area contributed by atoms with Crippen molar-refractivity contribution in [2.24, 2.45) is 0 Å². The summed E-state index contributed by atoms with van der Waals surface area (Å²) in [4.78, 5) is 14.2. The van der Waals surface area contributed by atoms with E-state index in [-0.39, 0.29) is 25.2 Å². The summed E-state index contributed by atoms with van der Waals surface area (Å²) in [6.45, 7) is 1.75. The van der Waals surface area contributed by atoms with E-state index in [4.69, 9.17) is 14.2 Å². The van der Waals surface area contributed by atoms with E-state index in [0.717, 1.165) is 31.6 Å². The molecule has 1 aliphatic rings. The summed E-state index contributed by atoms with van der Waals surface area (Å²) < 4.78 is 17.4. The predicted molar refractivity (Wildman–Crippen MR) is 115 cm³/mol. The molecule has 3 rings (SSSR count). The molecular formula is C24H31NO5. The highest BCUT2D eigenvalue weighted by atomic mass is 16.5. The first-order valence-corrected chi connectivity index (χ1v) is 10.6. The van der Waals surface area contributed by atoms with Crippen molar-refractivity contribution < 1.29 is 24.1 Å². The number of likely N-dealkylation sites (tertiary alicyclic amines) is 1. The van der Waals surface area contributed by atoms with Crippen LogP contribution >= 0.6 is 0 Å². The number of carbonyl (C=O) groups excluding carboxylic acids is 1. The molecule has 2 aromatic rings. The first-order chi connectivity index (χ1) is 14.7. The van der Waals surface area contributed by atoms with Crippen molar-refractivity contribution in [3.63, 3.8) is 0 Å². The van der Waals surface area contributed by atoms with Crippen LogP contribution in [0.4, 0.5) is 0 Å². The zero-order valence-electron chi connectivity index (χ0n) is 17.3. The fourth-order valence-corrected chi connectivity index (χ4v) is 3.34. The minimum atomic E-state index is -0.774. The molecule has 1 amide bonds. The van der Waals surface area contributed by atoms with Crippen LogP contribution in [-0.2, 0) is 9.53 Å². The molecule has 2 atom stereocenters. The Balaban J connectivity index is 1.51. The van der Waals surface area contributed by atoms with Gasteiger partial charge in [0.15, 0.2) is 0 Å². The average molecular weight is 414 g/mol. The number of ether oxygens (including phenoxy) is 3. The molecule has 6 heteroatoms. The van der Waals surface area contributed by atoms with Gasteiger partial charge in [0.2, 0.25) is 5.91 Å². The van der Waals surface area contributed by atoms with Gasteiger partial charge in [0.05, 0.1) is 13.2 Å². The van der Waals surface area contributed by atoms with Gasteiger partial charge in [-0.25, -0.2) is 0 Å². The largest absolute Gasteiger partial charge is 0.491 e. The molecular weight excluding hydrogens is 382 g/mol. The molecule has 1 heterocycles. The predicted octanol–water partition coefficient (Wildman–Crippen LogP) is 3.29. The van der Waals surface area contributed by atoms with Crippen molar-refractivity contribution in [1.82, 2.24) is 4.90 Å². The number of benzene rings is 2. The van der Waals surface area contributed by atoms with E-state index in [1.165, 1.54) is 0 Å². The third-order valence-corrected chi connectivity index (χ3v) is 4.98. The standard InChI is InChI=1S/C24H31NO5/c26-20(17-28-21-10-4-1-5-11-21)18-29-23(19-30-22-12-6-2-7-13-22)16-25-15-9-3-8-14-24(25)27/h1-2,4-7,10-13,20,23,26H,3,8-9,14-19H2. The van der Waals surface area contributed by atoms with E-state index >= 15 is 0 Å². The fraction of sp³-hybridized carbons (Fsp3) is 0.458. The van der Waals surface area contributed by atoms with Gasteiger partial charge in [-0.15, -0.1) is 0 Å². The second-order valence-corrected chi connectivity index (χ2v) is 7.51. The maximum absolute atomic E-state index is 12.4. The number of aliphatic hydroxyl groups is 1. The van der Waals surface area contributed by atoms with E-state index in [9.17, 15) is 9.90 Å². The number of aliphatic hydroxyl groups excluding tert-OH is 1. The van der Waals surface area contributed by atoms with Gasteiger partial charge in [-0.1, -0.05) is 42.8 Å². The molecule has 2 aromatic carbocycles. The Morgan fingerprint density at radius 2 is 1.47 bits per heavy atom. The highest BCUT2D eigenvalue weighted by Crippen LogP contribution is 2.15. The van der Waals surface area contributed by atoms with Gasteiger partial charge in [-0.3, -0.25) is 4.79 Å². The average Bonchev–Trinajstić information content (AvgIpc) is 2.99. The molecule has 2 unspecified atom stereocenters. The molecule has 0 radical (unpaired) electrons. The molecule has 0 aromatic heterocycles. The quantitative estimate of drug-likeness (QED) is 0.612. The van der Waals surface area contributed by atoms with Gasteiger partial charge in [0.25, 0.3) is 0 Å². The van der Waals surface area contributed by atoms with E-state index in [1.807, 2.05) is 65.6 Å². The summed E-state index contributed by atoms with van der Waals surface area (Å²) in [5.41, 5.74) is 0. The van der Waals surface area contributed by atoms with Gasteiger partial charge in [0, 0.05) is 13.0 Å². The Kier molecular flexibility index (Phi) is 9.00. The zero-order valence-corrected chi connectivity index (χ0v) is 17.3. The molecule has 1 N–H and O–H groups in total. The molecule has 1 saturated heterocycles.